The minimum atomic E-state index is -0.539. The molecular weight excluding hydrogens is 370 g/mol. The summed E-state index contributed by atoms with van der Waals surface area (Å²) in [6.45, 7) is 13.2. The van der Waals surface area contributed by atoms with Crippen LogP contribution in [0, 0.1) is 10.1 Å². The highest BCUT2D eigenvalue weighted by molar-refractivity contribution is 5.89. The highest BCUT2D eigenvalue weighted by Gasteiger charge is 2.23. The van der Waals surface area contributed by atoms with Gasteiger partial charge in [0.05, 0.1) is 10.5 Å². The van der Waals surface area contributed by atoms with E-state index in [-0.39, 0.29) is 35.3 Å². The van der Waals surface area contributed by atoms with Crippen LogP contribution in [-0.2, 0) is 15.6 Å². The first-order chi connectivity index (χ1) is 13.4. The standard InChI is InChI=1S/C23H29NO5/c1-22(2,3)17-9-12-20(19(15-17)23(4,5)6)28-13-14-29-21(25)16-7-10-18(11-8-16)24(26)27/h7-12,15H,13-14H2,1-6H3. The van der Waals surface area contributed by atoms with Gasteiger partial charge in [0.15, 0.2) is 0 Å². The number of hydrogen-bond donors (Lipinski definition) is 0. The molecule has 2 rings (SSSR count). The van der Waals surface area contributed by atoms with Gasteiger partial charge in [0.2, 0.25) is 0 Å². The van der Waals surface area contributed by atoms with Crippen LogP contribution >= 0.6 is 0 Å². The van der Waals surface area contributed by atoms with Gasteiger partial charge in [0, 0.05) is 12.1 Å². The molecule has 6 heteroatoms. The Morgan fingerprint density at radius 1 is 0.931 bits per heavy atom. The third kappa shape index (κ3) is 6.04. The monoisotopic (exact) mass is 399 g/mol. The molecule has 0 saturated heterocycles. The average molecular weight is 399 g/mol. The zero-order valence-corrected chi connectivity index (χ0v) is 17.9. The van der Waals surface area contributed by atoms with Gasteiger partial charge >= 0.3 is 5.97 Å². The Balaban J connectivity index is 1.99. The van der Waals surface area contributed by atoms with Gasteiger partial charge in [-0.1, -0.05) is 53.7 Å². The molecule has 0 bridgehead atoms. The van der Waals surface area contributed by atoms with Crippen LogP contribution < -0.4 is 4.74 Å². The fraction of sp³-hybridized carbons (Fsp3) is 0.435. The number of carbonyl (C=O) groups excluding carboxylic acids is 1. The third-order valence-corrected chi connectivity index (χ3v) is 4.54. The quantitative estimate of drug-likeness (QED) is 0.280. The normalized spacial score (nSPS) is 11.8. The Morgan fingerprint density at radius 2 is 1.55 bits per heavy atom. The van der Waals surface area contributed by atoms with E-state index >= 15 is 0 Å². The highest BCUT2D eigenvalue weighted by Crippen LogP contribution is 2.35. The first-order valence-electron chi connectivity index (χ1n) is 9.59. The second kappa shape index (κ2) is 8.64. The number of nitro groups is 1. The van der Waals surface area contributed by atoms with Gasteiger partial charge in [-0.25, -0.2) is 4.79 Å². The molecule has 0 amide bonds. The van der Waals surface area contributed by atoms with E-state index in [1.807, 2.05) is 6.07 Å². The van der Waals surface area contributed by atoms with Crippen LogP contribution in [0.5, 0.6) is 5.75 Å². The number of benzene rings is 2. The largest absolute Gasteiger partial charge is 0.490 e. The molecule has 0 atom stereocenters. The summed E-state index contributed by atoms with van der Waals surface area (Å²) >= 11 is 0. The topological polar surface area (TPSA) is 78.7 Å². The van der Waals surface area contributed by atoms with E-state index in [1.165, 1.54) is 29.8 Å². The van der Waals surface area contributed by atoms with Gasteiger partial charge < -0.3 is 9.47 Å². The van der Waals surface area contributed by atoms with Crippen LogP contribution in [-0.4, -0.2) is 24.1 Å². The van der Waals surface area contributed by atoms with Crippen molar-refractivity contribution >= 4 is 11.7 Å². The highest BCUT2D eigenvalue weighted by atomic mass is 16.6. The van der Waals surface area contributed by atoms with Crippen molar-refractivity contribution in [3.05, 3.63) is 69.3 Å². The third-order valence-electron chi connectivity index (χ3n) is 4.54. The molecule has 29 heavy (non-hydrogen) atoms. The van der Waals surface area contributed by atoms with Gasteiger partial charge in [0.1, 0.15) is 19.0 Å². The smallest absolute Gasteiger partial charge is 0.338 e. The molecule has 0 radical (unpaired) electrons. The molecule has 6 nitrogen and oxygen atoms in total. The Labute approximate surface area is 172 Å². The van der Waals surface area contributed by atoms with Gasteiger partial charge in [-0.15, -0.1) is 0 Å². The van der Waals surface area contributed by atoms with Gasteiger partial charge in [0.25, 0.3) is 5.69 Å². The molecule has 0 aliphatic heterocycles. The first-order valence-corrected chi connectivity index (χ1v) is 9.59. The maximum absolute atomic E-state index is 12.1. The predicted octanol–water partition coefficient (Wildman–Crippen LogP) is 5.43. The number of esters is 1. The maximum Gasteiger partial charge on any atom is 0.338 e. The van der Waals surface area contributed by atoms with E-state index in [0.717, 1.165) is 11.3 Å². The summed E-state index contributed by atoms with van der Waals surface area (Å²) in [4.78, 5) is 22.2. The van der Waals surface area contributed by atoms with Crippen molar-refractivity contribution < 1.29 is 19.2 Å². The van der Waals surface area contributed by atoms with Crippen molar-refractivity contribution in [3.63, 3.8) is 0 Å². The van der Waals surface area contributed by atoms with Crippen molar-refractivity contribution in [1.82, 2.24) is 0 Å². The Bertz CT molecular complexity index is 874. The lowest BCUT2D eigenvalue weighted by Crippen LogP contribution is -2.19. The molecule has 0 aromatic heterocycles. The van der Waals surface area contributed by atoms with E-state index in [1.54, 1.807) is 0 Å². The van der Waals surface area contributed by atoms with E-state index in [2.05, 4.69) is 53.7 Å². The number of rotatable bonds is 6. The Hall–Kier alpha value is -2.89. The SMILES string of the molecule is CC(C)(C)c1ccc(OCCOC(=O)c2ccc([N+](=O)[O-])cc2)c(C(C)(C)C)c1. The molecule has 0 heterocycles. The average Bonchev–Trinajstić information content (AvgIpc) is 2.63. The zero-order valence-electron chi connectivity index (χ0n) is 17.9. The van der Waals surface area contributed by atoms with Gasteiger partial charge in [-0.05, 0) is 40.2 Å². The number of non-ortho nitro benzene ring substituents is 1. The lowest BCUT2D eigenvalue weighted by Gasteiger charge is -2.27. The fourth-order valence-corrected chi connectivity index (χ4v) is 2.80. The van der Waals surface area contributed by atoms with Crippen molar-refractivity contribution in [2.45, 2.75) is 52.4 Å². The molecule has 0 unspecified atom stereocenters. The van der Waals surface area contributed by atoms with Crippen molar-refractivity contribution in [1.29, 1.82) is 0 Å². The number of carbonyl (C=O) groups is 1. The summed E-state index contributed by atoms with van der Waals surface area (Å²) in [5.74, 6) is 0.236. The summed E-state index contributed by atoms with van der Waals surface area (Å²) in [5.41, 5.74) is 2.48. The fourth-order valence-electron chi connectivity index (χ4n) is 2.80. The summed E-state index contributed by atoms with van der Waals surface area (Å²) < 4.78 is 11.1. The van der Waals surface area contributed by atoms with E-state index in [0.29, 0.717) is 0 Å². The molecule has 0 aliphatic rings. The first kappa shape index (κ1) is 22.4. The molecule has 0 spiro atoms. The number of hydrogen-bond acceptors (Lipinski definition) is 5. The minimum absolute atomic E-state index is 0.0405. The van der Waals surface area contributed by atoms with Crippen LogP contribution in [0.25, 0.3) is 0 Å². The molecule has 0 aliphatic carbocycles. The van der Waals surface area contributed by atoms with Gasteiger partial charge in [-0.2, -0.15) is 0 Å². The Kier molecular flexibility index (Phi) is 6.67. The van der Waals surface area contributed by atoms with Crippen molar-refractivity contribution in [2.24, 2.45) is 0 Å². The van der Waals surface area contributed by atoms with E-state index < -0.39 is 10.9 Å². The van der Waals surface area contributed by atoms with Crippen LogP contribution in [0.4, 0.5) is 5.69 Å². The van der Waals surface area contributed by atoms with Crippen LogP contribution in [0.15, 0.2) is 42.5 Å². The summed E-state index contributed by atoms with van der Waals surface area (Å²) in [7, 11) is 0. The lowest BCUT2D eigenvalue weighted by atomic mass is 9.80. The number of nitrogens with zero attached hydrogens (tertiary/aromatic N) is 1. The zero-order chi connectivity index (χ0) is 21.8. The van der Waals surface area contributed by atoms with Crippen molar-refractivity contribution in [2.75, 3.05) is 13.2 Å². The van der Waals surface area contributed by atoms with Crippen LogP contribution in [0.2, 0.25) is 0 Å². The molecule has 2 aromatic rings. The van der Waals surface area contributed by atoms with Crippen LogP contribution in [0.1, 0.15) is 63.0 Å². The minimum Gasteiger partial charge on any atom is -0.490 e. The van der Waals surface area contributed by atoms with Gasteiger partial charge in [-0.3, -0.25) is 10.1 Å². The Morgan fingerprint density at radius 3 is 2.07 bits per heavy atom. The summed E-state index contributed by atoms with van der Waals surface area (Å²) in [6, 6.07) is 11.5. The van der Waals surface area contributed by atoms with Crippen molar-refractivity contribution in [3.8, 4) is 5.75 Å². The molecule has 156 valence electrons. The second-order valence-electron chi connectivity index (χ2n) is 9.00. The molecule has 0 N–H and O–H groups in total. The number of nitro benzene ring substituents is 1. The van der Waals surface area contributed by atoms with E-state index in [4.69, 9.17) is 9.47 Å². The van der Waals surface area contributed by atoms with Crippen LogP contribution in [0.3, 0.4) is 0 Å². The second-order valence-corrected chi connectivity index (χ2v) is 9.00. The van der Waals surface area contributed by atoms with E-state index in [9.17, 15) is 14.9 Å². The summed E-state index contributed by atoms with van der Waals surface area (Å²) in [6.07, 6.45) is 0. The number of ether oxygens (including phenoxy) is 2. The molecule has 0 saturated carbocycles. The summed E-state index contributed by atoms with van der Waals surface area (Å²) in [5, 5.41) is 10.7. The molecule has 2 aromatic carbocycles. The maximum atomic E-state index is 12.1. The lowest BCUT2D eigenvalue weighted by molar-refractivity contribution is -0.384. The molecular formula is C23H29NO5. The predicted molar refractivity (Wildman–Crippen MR) is 113 cm³/mol. The molecule has 0 fully saturated rings.